The summed E-state index contributed by atoms with van der Waals surface area (Å²) in [5.41, 5.74) is 6.15. The van der Waals surface area contributed by atoms with Gasteiger partial charge in [0, 0.05) is 18.8 Å². The second-order valence-corrected chi connectivity index (χ2v) is 2.75. The summed E-state index contributed by atoms with van der Waals surface area (Å²) in [5.74, 6) is 1.65. The van der Waals surface area contributed by atoms with Gasteiger partial charge in [0.15, 0.2) is 11.5 Å². The lowest BCUT2D eigenvalue weighted by atomic mass is 10.4. The summed E-state index contributed by atoms with van der Waals surface area (Å²) in [6.07, 6.45) is 3.90. The van der Waals surface area contributed by atoms with Crippen molar-refractivity contribution in [3.05, 3.63) is 18.2 Å². The molecule has 3 N–H and O–H groups in total. The largest absolute Gasteiger partial charge is 0.382 e. The molecule has 2 rings (SSSR count). The van der Waals surface area contributed by atoms with Gasteiger partial charge in [0.2, 0.25) is 5.82 Å². The molecule has 0 aliphatic rings. The Balaban J connectivity index is 2.44. The predicted octanol–water partition coefficient (Wildman–Crippen LogP) is 0.406. The van der Waals surface area contributed by atoms with E-state index in [0.29, 0.717) is 17.3 Å². The Morgan fingerprint density at radius 3 is 2.79 bits per heavy atom. The van der Waals surface area contributed by atoms with Gasteiger partial charge in [0.25, 0.3) is 0 Å². The summed E-state index contributed by atoms with van der Waals surface area (Å²) in [7, 11) is 0. The van der Waals surface area contributed by atoms with E-state index < -0.39 is 0 Å². The Bertz CT molecular complexity index is 435. The molecule has 14 heavy (non-hydrogen) atoms. The SMILES string of the molecule is CCc1nc(-c2nccnc2N)n[nH]1. The number of nitrogens with two attached hydrogens (primary N) is 1. The first-order valence-corrected chi connectivity index (χ1v) is 4.29. The first-order valence-electron chi connectivity index (χ1n) is 4.29. The van der Waals surface area contributed by atoms with Gasteiger partial charge in [0.05, 0.1) is 0 Å². The maximum Gasteiger partial charge on any atom is 0.203 e. The van der Waals surface area contributed by atoms with Crippen LogP contribution in [0.25, 0.3) is 11.5 Å². The van der Waals surface area contributed by atoms with Gasteiger partial charge in [0.1, 0.15) is 5.82 Å². The van der Waals surface area contributed by atoms with E-state index in [0.717, 1.165) is 12.2 Å². The zero-order valence-electron chi connectivity index (χ0n) is 7.73. The van der Waals surface area contributed by atoms with Crippen LogP contribution in [0.4, 0.5) is 5.82 Å². The Kier molecular flexibility index (Phi) is 2.10. The van der Waals surface area contributed by atoms with E-state index in [1.807, 2.05) is 6.92 Å². The van der Waals surface area contributed by atoms with E-state index >= 15 is 0 Å². The van der Waals surface area contributed by atoms with Crippen LogP contribution in [0.5, 0.6) is 0 Å². The quantitative estimate of drug-likeness (QED) is 0.715. The molecule has 0 atom stereocenters. The standard InChI is InChI=1S/C8H10N6/c1-2-5-12-8(14-13-5)6-7(9)11-4-3-10-6/h3-4H,2H2,1H3,(H2,9,11)(H,12,13,14). The molecule has 0 bridgehead atoms. The van der Waals surface area contributed by atoms with Crippen molar-refractivity contribution in [2.24, 2.45) is 0 Å². The van der Waals surface area contributed by atoms with E-state index in [1.54, 1.807) is 6.20 Å². The number of hydrogen-bond acceptors (Lipinski definition) is 5. The summed E-state index contributed by atoms with van der Waals surface area (Å²) in [6, 6.07) is 0. The number of aromatic amines is 1. The molecule has 0 aliphatic carbocycles. The van der Waals surface area contributed by atoms with Crippen LogP contribution >= 0.6 is 0 Å². The van der Waals surface area contributed by atoms with Crippen molar-refractivity contribution >= 4 is 5.82 Å². The molecule has 0 aliphatic heterocycles. The van der Waals surface area contributed by atoms with E-state index in [4.69, 9.17) is 5.73 Å². The monoisotopic (exact) mass is 190 g/mol. The minimum absolute atomic E-state index is 0.342. The molecule has 0 saturated carbocycles. The number of hydrogen-bond donors (Lipinski definition) is 2. The number of nitrogen functional groups attached to an aromatic ring is 1. The van der Waals surface area contributed by atoms with Gasteiger partial charge in [-0.05, 0) is 0 Å². The van der Waals surface area contributed by atoms with Gasteiger partial charge in [-0.25, -0.2) is 15.0 Å². The van der Waals surface area contributed by atoms with Gasteiger partial charge in [-0.15, -0.1) is 0 Å². The van der Waals surface area contributed by atoms with Crippen LogP contribution < -0.4 is 5.73 Å². The third kappa shape index (κ3) is 1.41. The lowest BCUT2D eigenvalue weighted by Crippen LogP contribution is -1.97. The highest BCUT2D eigenvalue weighted by atomic mass is 15.2. The van der Waals surface area contributed by atoms with Crippen LogP contribution in [0.2, 0.25) is 0 Å². The zero-order chi connectivity index (χ0) is 9.97. The second kappa shape index (κ2) is 3.41. The van der Waals surface area contributed by atoms with E-state index in [-0.39, 0.29) is 0 Å². The first-order chi connectivity index (χ1) is 6.81. The molecule has 0 amide bonds. The highest BCUT2D eigenvalue weighted by molar-refractivity contribution is 5.62. The highest BCUT2D eigenvalue weighted by Gasteiger charge is 2.09. The number of H-pyrrole nitrogens is 1. The topological polar surface area (TPSA) is 93.4 Å². The van der Waals surface area contributed by atoms with Crippen molar-refractivity contribution in [2.75, 3.05) is 5.73 Å². The molecule has 6 nitrogen and oxygen atoms in total. The van der Waals surface area contributed by atoms with Crippen LogP contribution in [-0.4, -0.2) is 25.1 Å². The van der Waals surface area contributed by atoms with Crippen molar-refractivity contribution < 1.29 is 0 Å². The molecule has 0 fully saturated rings. The van der Waals surface area contributed by atoms with Crippen molar-refractivity contribution in [3.8, 4) is 11.5 Å². The number of aromatic nitrogens is 5. The Morgan fingerprint density at radius 2 is 2.14 bits per heavy atom. The summed E-state index contributed by atoms with van der Waals surface area (Å²) in [6.45, 7) is 1.99. The van der Waals surface area contributed by atoms with Gasteiger partial charge in [-0.1, -0.05) is 6.92 Å². The third-order valence-electron chi connectivity index (χ3n) is 1.80. The molecular weight excluding hydrogens is 180 g/mol. The molecule has 2 aromatic heterocycles. The lowest BCUT2D eigenvalue weighted by molar-refractivity contribution is 0.946. The molecule has 2 aromatic rings. The van der Waals surface area contributed by atoms with Crippen molar-refractivity contribution in [1.82, 2.24) is 25.1 Å². The van der Waals surface area contributed by atoms with Crippen LogP contribution in [0.3, 0.4) is 0 Å². The maximum atomic E-state index is 5.64. The van der Waals surface area contributed by atoms with Gasteiger partial charge >= 0.3 is 0 Å². The lowest BCUT2D eigenvalue weighted by Gasteiger charge is -1.96. The number of nitrogens with zero attached hydrogens (tertiary/aromatic N) is 4. The normalized spacial score (nSPS) is 10.4. The number of anilines is 1. The van der Waals surface area contributed by atoms with Crippen LogP contribution in [0, 0.1) is 0 Å². The van der Waals surface area contributed by atoms with E-state index in [2.05, 4.69) is 25.1 Å². The Labute approximate surface area is 80.6 Å². The van der Waals surface area contributed by atoms with Gasteiger partial charge in [-0.2, -0.15) is 5.10 Å². The second-order valence-electron chi connectivity index (χ2n) is 2.75. The highest BCUT2D eigenvalue weighted by Crippen LogP contribution is 2.15. The Morgan fingerprint density at radius 1 is 1.36 bits per heavy atom. The van der Waals surface area contributed by atoms with Gasteiger partial charge in [-0.3, -0.25) is 5.10 Å². The summed E-state index contributed by atoms with van der Waals surface area (Å²) >= 11 is 0. The molecule has 0 aromatic carbocycles. The summed E-state index contributed by atoms with van der Waals surface area (Å²) < 4.78 is 0. The molecule has 6 heteroatoms. The minimum Gasteiger partial charge on any atom is -0.382 e. The number of aryl methyl sites for hydroxylation is 1. The fourth-order valence-corrected chi connectivity index (χ4v) is 1.08. The fourth-order valence-electron chi connectivity index (χ4n) is 1.08. The molecule has 72 valence electrons. The van der Waals surface area contributed by atoms with Crippen LogP contribution in [-0.2, 0) is 6.42 Å². The van der Waals surface area contributed by atoms with Crippen molar-refractivity contribution in [3.63, 3.8) is 0 Å². The summed E-state index contributed by atoms with van der Waals surface area (Å²) in [5, 5.41) is 6.80. The van der Waals surface area contributed by atoms with Crippen LogP contribution in [0.15, 0.2) is 12.4 Å². The molecule has 0 spiro atoms. The van der Waals surface area contributed by atoms with E-state index in [1.165, 1.54) is 6.20 Å². The van der Waals surface area contributed by atoms with Gasteiger partial charge < -0.3 is 5.73 Å². The third-order valence-corrected chi connectivity index (χ3v) is 1.80. The minimum atomic E-state index is 0.342. The molecule has 0 saturated heterocycles. The average molecular weight is 190 g/mol. The fraction of sp³-hybridized carbons (Fsp3) is 0.250. The molecule has 0 unspecified atom stereocenters. The average Bonchev–Trinajstić information content (AvgIpc) is 2.67. The first kappa shape index (κ1) is 8.61. The number of rotatable bonds is 2. The zero-order valence-corrected chi connectivity index (χ0v) is 7.73. The van der Waals surface area contributed by atoms with E-state index in [9.17, 15) is 0 Å². The summed E-state index contributed by atoms with van der Waals surface area (Å²) in [4.78, 5) is 12.2. The number of nitrogens with one attached hydrogen (secondary N) is 1. The van der Waals surface area contributed by atoms with Crippen molar-refractivity contribution in [2.45, 2.75) is 13.3 Å². The molecule has 0 radical (unpaired) electrons. The predicted molar refractivity (Wildman–Crippen MR) is 51.2 cm³/mol. The Hall–Kier alpha value is -1.98. The van der Waals surface area contributed by atoms with Crippen molar-refractivity contribution in [1.29, 1.82) is 0 Å². The molecular formula is C8H10N6. The smallest absolute Gasteiger partial charge is 0.203 e. The maximum absolute atomic E-state index is 5.64. The van der Waals surface area contributed by atoms with Crippen LogP contribution in [0.1, 0.15) is 12.7 Å². The molecule has 2 heterocycles.